The van der Waals surface area contributed by atoms with Crippen LogP contribution in [0.3, 0.4) is 0 Å². The summed E-state index contributed by atoms with van der Waals surface area (Å²) in [6, 6.07) is 7.85. The first-order valence-electron chi connectivity index (χ1n) is 7.31. The van der Waals surface area contributed by atoms with Crippen molar-refractivity contribution in [2.45, 2.75) is 25.3 Å². The highest BCUT2D eigenvalue weighted by molar-refractivity contribution is 5.62. The first-order valence-corrected chi connectivity index (χ1v) is 7.31. The molecule has 1 unspecified atom stereocenters. The third-order valence-electron chi connectivity index (χ3n) is 3.80. The minimum absolute atomic E-state index is 0.175. The zero-order valence-electron chi connectivity index (χ0n) is 11.9. The number of benzene rings is 1. The third kappa shape index (κ3) is 2.48. The Bertz CT molecular complexity index is 729. The van der Waals surface area contributed by atoms with E-state index in [-0.39, 0.29) is 6.04 Å². The van der Waals surface area contributed by atoms with Gasteiger partial charge in [0.15, 0.2) is 0 Å². The number of hydrogen-bond donors (Lipinski definition) is 2. The van der Waals surface area contributed by atoms with Crippen molar-refractivity contribution in [3.8, 4) is 22.8 Å². The summed E-state index contributed by atoms with van der Waals surface area (Å²) in [7, 11) is 0. The zero-order chi connectivity index (χ0) is 14.8. The van der Waals surface area contributed by atoms with Crippen molar-refractivity contribution in [2.75, 3.05) is 6.54 Å². The molecule has 0 bridgehead atoms. The summed E-state index contributed by atoms with van der Waals surface area (Å²) in [5, 5.41) is 21.4. The molecule has 1 aliphatic heterocycles. The van der Waals surface area contributed by atoms with Crippen LogP contribution >= 0.6 is 0 Å². The number of nitrogens with zero attached hydrogens (tertiary/aromatic N) is 5. The lowest BCUT2D eigenvalue weighted by Crippen LogP contribution is -2.26. The van der Waals surface area contributed by atoms with E-state index in [1.807, 2.05) is 24.3 Å². The number of rotatable bonds is 3. The number of aromatic nitrogens is 6. The summed E-state index contributed by atoms with van der Waals surface area (Å²) in [5.41, 5.74) is 1.79. The number of H-pyrrole nitrogens is 1. The van der Waals surface area contributed by atoms with Crippen LogP contribution in [-0.4, -0.2) is 37.3 Å². The van der Waals surface area contributed by atoms with E-state index in [0.29, 0.717) is 17.5 Å². The predicted octanol–water partition coefficient (Wildman–Crippen LogP) is 1.73. The molecule has 1 atom stereocenters. The van der Waals surface area contributed by atoms with Crippen molar-refractivity contribution in [3.05, 3.63) is 30.2 Å². The van der Waals surface area contributed by atoms with E-state index < -0.39 is 0 Å². The van der Waals surface area contributed by atoms with E-state index in [1.165, 1.54) is 12.8 Å². The van der Waals surface area contributed by atoms with Gasteiger partial charge in [-0.15, -0.1) is 10.2 Å². The standard InChI is InChI=1S/C14H15N7O/c1-2-8-15-11(3-1)14-16-12(19-22-14)9-4-6-10(7-5-9)13-17-20-21-18-13/h4-7,11,15H,1-3,8H2,(H,17,18,20,21). The summed E-state index contributed by atoms with van der Waals surface area (Å²) in [4.78, 5) is 4.51. The molecule has 8 heteroatoms. The van der Waals surface area contributed by atoms with Gasteiger partial charge in [0.05, 0.1) is 6.04 Å². The molecule has 2 N–H and O–H groups in total. The van der Waals surface area contributed by atoms with Gasteiger partial charge in [-0.3, -0.25) is 0 Å². The molecular formula is C14H15N7O. The van der Waals surface area contributed by atoms with Gasteiger partial charge < -0.3 is 9.84 Å². The van der Waals surface area contributed by atoms with Crippen molar-refractivity contribution in [3.63, 3.8) is 0 Å². The molecule has 1 aromatic carbocycles. The van der Waals surface area contributed by atoms with Gasteiger partial charge in [0, 0.05) is 11.1 Å². The maximum atomic E-state index is 5.40. The highest BCUT2D eigenvalue weighted by Gasteiger charge is 2.21. The number of nitrogens with one attached hydrogen (secondary N) is 2. The second kappa shape index (κ2) is 5.64. The van der Waals surface area contributed by atoms with E-state index in [9.17, 15) is 0 Å². The molecule has 112 valence electrons. The predicted molar refractivity (Wildman–Crippen MR) is 77.5 cm³/mol. The largest absolute Gasteiger partial charge is 0.337 e. The number of aromatic amines is 1. The Kier molecular flexibility index (Phi) is 3.36. The average molecular weight is 297 g/mol. The van der Waals surface area contributed by atoms with Crippen molar-refractivity contribution >= 4 is 0 Å². The van der Waals surface area contributed by atoms with Crippen LogP contribution in [0, 0.1) is 0 Å². The van der Waals surface area contributed by atoms with E-state index in [4.69, 9.17) is 4.52 Å². The van der Waals surface area contributed by atoms with Gasteiger partial charge in [-0.2, -0.15) is 10.2 Å². The first kappa shape index (κ1) is 13.1. The number of tetrazole rings is 1. The Labute approximate surface area is 126 Å². The second-order valence-corrected chi connectivity index (χ2v) is 5.27. The Hall–Kier alpha value is -2.61. The van der Waals surface area contributed by atoms with Crippen molar-refractivity contribution in [1.82, 2.24) is 36.1 Å². The number of hydrogen-bond acceptors (Lipinski definition) is 7. The first-order chi connectivity index (χ1) is 10.9. The highest BCUT2D eigenvalue weighted by Crippen LogP contribution is 2.25. The number of piperidine rings is 1. The minimum atomic E-state index is 0.175. The summed E-state index contributed by atoms with van der Waals surface area (Å²) < 4.78 is 5.40. The van der Waals surface area contributed by atoms with Crippen LogP contribution in [-0.2, 0) is 0 Å². The molecule has 4 rings (SSSR count). The summed E-state index contributed by atoms with van der Waals surface area (Å²) in [6.45, 7) is 1.00. The molecule has 0 spiro atoms. The molecule has 3 heterocycles. The highest BCUT2D eigenvalue weighted by atomic mass is 16.5. The van der Waals surface area contributed by atoms with Gasteiger partial charge in [0.2, 0.25) is 17.5 Å². The van der Waals surface area contributed by atoms with E-state index >= 15 is 0 Å². The molecule has 1 aliphatic rings. The van der Waals surface area contributed by atoms with Gasteiger partial charge >= 0.3 is 0 Å². The molecule has 3 aromatic rings. The summed E-state index contributed by atoms with van der Waals surface area (Å²) in [6.07, 6.45) is 3.43. The van der Waals surface area contributed by atoms with Gasteiger partial charge in [-0.1, -0.05) is 35.8 Å². The Morgan fingerprint density at radius 3 is 2.55 bits per heavy atom. The quantitative estimate of drug-likeness (QED) is 0.758. The van der Waals surface area contributed by atoms with E-state index in [1.54, 1.807) is 0 Å². The maximum absolute atomic E-state index is 5.40. The topological polar surface area (TPSA) is 105 Å². The molecule has 2 aromatic heterocycles. The van der Waals surface area contributed by atoms with Crippen LogP contribution in [0.2, 0.25) is 0 Å². The van der Waals surface area contributed by atoms with Gasteiger partial charge in [0.25, 0.3) is 0 Å². The van der Waals surface area contributed by atoms with Crippen LogP contribution in [0.25, 0.3) is 22.8 Å². The van der Waals surface area contributed by atoms with Gasteiger partial charge in [0.1, 0.15) is 0 Å². The fourth-order valence-corrected chi connectivity index (χ4v) is 2.61. The molecule has 0 aliphatic carbocycles. The SMILES string of the molecule is c1cc(-c2noc(C3CCCCN3)n2)ccc1-c1nn[nH]n1. The lowest BCUT2D eigenvalue weighted by atomic mass is 10.1. The lowest BCUT2D eigenvalue weighted by Gasteiger charge is -2.19. The molecule has 1 fully saturated rings. The fourth-order valence-electron chi connectivity index (χ4n) is 2.61. The molecule has 1 saturated heterocycles. The van der Waals surface area contributed by atoms with Crippen molar-refractivity contribution in [1.29, 1.82) is 0 Å². The third-order valence-corrected chi connectivity index (χ3v) is 3.80. The van der Waals surface area contributed by atoms with E-state index in [0.717, 1.165) is 24.1 Å². The monoisotopic (exact) mass is 297 g/mol. The summed E-state index contributed by atoms with van der Waals surface area (Å²) >= 11 is 0. The molecule has 0 amide bonds. The van der Waals surface area contributed by atoms with Crippen LogP contribution in [0.5, 0.6) is 0 Å². The molecular weight excluding hydrogens is 282 g/mol. The van der Waals surface area contributed by atoms with Gasteiger partial charge in [-0.25, -0.2) is 0 Å². The van der Waals surface area contributed by atoms with Crippen LogP contribution in [0.4, 0.5) is 0 Å². The molecule has 22 heavy (non-hydrogen) atoms. The van der Waals surface area contributed by atoms with Crippen LogP contribution in [0.15, 0.2) is 28.8 Å². The average Bonchev–Trinajstić information content (AvgIpc) is 3.28. The second-order valence-electron chi connectivity index (χ2n) is 5.27. The van der Waals surface area contributed by atoms with Crippen LogP contribution in [0.1, 0.15) is 31.2 Å². The zero-order valence-corrected chi connectivity index (χ0v) is 11.9. The van der Waals surface area contributed by atoms with Crippen LogP contribution < -0.4 is 5.32 Å². The normalized spacial score (nSPS) is 18.5. The van der Waals surface area contributed by atoms with E-state index in [2.05, 4.69) is 36.1 Å². The molecule has 8 nitrogen and oxygen atoms in total. The van der Waals surface area contributed by atoms with Gasteiger partial charge in [-0.05, 0) is 24.6 Å². The lowest BCUT2D eigenvalue weighted by molar-refractivity contribution is 0.297. The molecule has 0 saturated carbocycles. The minimum Gasteiger partial charge on any atom is -0.337 e. The summed E-state index contributed by atoms with van der Waals surface area (Å²) in [5.74, 6) is 1.82. The maximum Gasteiger partial charge on any atom is 0.244 e. The smallest absolute Gasteiger partial charge is 0.244 e. The molecule has 0 radical (unpaired) electrons. The Balaban J connectivity index is 1.55. The Morgan fingerprint density at radius 1 is 1.05 bits per heavy atom. The van der Waals surface area contributed by atoms with Crippen molar-refractivity contribution in [2.24, 2.45) is 0 Å². The fraction of sp³-hybridized carbons (Fsp3) is 0.357. The Morgan fingerprint density at radius 2 is 1.86 bits per heavy atom. The van der Waals surface area contributed by atoms with Crippen molar-refractivity contribution < 1.29 is 4.52 Å².